The van der Waals surface area contributed by atoms with Gasteiger partial charge in [-0.25, -0.2) is 4.79 Å². The van der Waals surface area contributed by atoms with E-state index in [1.54, 1.807) is 18.7 Å². The van der Waals surface area contributed by atoms with Gasteiger partial charge in [-0.15, -0.1) is 0 Å². The number of phenolic OH excluding ortho intramolecular Hbond substituents is 1. The topological polar surface area (TPSA) is 191 Å². The van der Waals surface area contributed by atoms with Crippen LogP contribution in [0.4, 0.5) is 0 Å². The normalized spacial score (nSPS) is 16.1. The van der Waals surface area contributed by atoms with Crippen molar-refractivity contribution >= 4 is 35.5 Å². The minimum Gasteiger partial charge on any atom is -0.508 e. The molecule has 0 fully saturated rings. The van der Waals surface area contributed by atoms with Crippen molar-refractivity contribution in [3.63, 3.8) is 0 Å². The van der Waals surface area contributed by atoms with Crippen molar-refractivity contribution in [2.24, 2.45) is 11.7 Å². The molecule has 0 aliphatic heterocycles. The Balaban J connectivity index is 2.97. The largest absolute Gasteiger partial charge is 0.508 e. The van der Waals surface area contributed by atoms with Crippen molar-refractivity contribution in [3.05, 3.63) is 29.8 Å². The lowest BCUT2D eigenvalue weighted by molar-refractivity contribution is -0.143. The second-order valence-corrected chi connectivity index (χ2v) is 9.74. The Bertz CT molecular complexity index is 882. The van der Waals surface area contributed by atoms with Gasteiger partial charge in [-0.3, -0.25) is 14.4 Å². The molecule has 11 nitrogen and oxygen atoms in total. The highest BCUT2D eigenvalue weighted by Crippen LogP contribution is 2.13. The average Bonchev–Trinajstić information content (AvgIpc) is 2.83. The van der Waals surface area contributed by atoms with Crippen LogP contribution in [-0.4, -0.2) is 81.3 Å². The molecule has 6 unspecified atom stereocenters. The van der Waals surface area contributed by atoms with E-state index in [1.807, 2.05) is 13.2 Å². The first-order chi connectivity index (χ1) is 16.9. The molecule has 0 aromatic heterocycles. The summed E-state index contributed by atoms with van der Waals surface area (Å²) in [6.45, 7) is 4.88. The molecule has 0 heterocycles. The Morgan fingerprint density at radius 3 is 2.03 bits per heavy atom. The number of hydrogen-bond acceptors (Lipinski definition) is 8. The number of carboxylic acid groups (broad SMARTS) is 1. The van der Waals surface area contributed by atoms with E-state index >= 15 is 0 Å². The molecule has 1 aromatic rings. The zero-order valence-corrected chi connectivity index (χ0v) is 21.9. The van der Waals surface area contributed by atoms with Crippen LogP contribution >= 0.6 is 11.8 Å². The maximum absolute atomic E-state index is 13.1. The maximum atomic E-state index is 13.1. The number of phenols is 1. The van der Waals surface area contributed by atoms with E-state index in [0.717, 1.165) is 0 Å². The summed E-state index contributed by atoms with van der Waals surface area (Å²) in [5.41, 5.74) is 6.47. The van der Waals surface area contributed by atoms with Gasteiger partial charge in [-0.05, 0) is 49.0 Å². The summed E-state index contributed by atoms with van der Waals surface area (Å²) < 4.78 is 0. The molecule has 6 atom stereocenters. The number of aliphatic carboxylic acids is 1. The molecule has 202 valence electrons. The van der Waals surface area contributed by atoms with Gasteiger partial charge in [0, 0.05) is 6.42 Å². The fraction of sp³-hybridized carbons (Fsp3) is 0.583. The quantitative estimate of drug-likeness (QED) is 0.165. The van der Waals surface area contributed by atoms with Crippen molar-refractivity contribution < 1.29 is 34.5 Å². The molecule has 0 radical (unpaired) electrons. The zero-order chi connectivity index (χ0) is 27.4. The van der Waals surface area contributed by atoms with E-state index in [2.05, 4.69) is 16.0 Å². The highest BCUT2D eigenvalue weighted by molar-refractivity contribution is 7.98. The molecule has 0 saturated heterocycles. The van der Waals surface area contributed by atoms with Crippen molar-refractivity contribution in [2.45, 2.75) is 70.3 Å². The van der Waals surface area contributed by atoms with Crippen molar-refractivity contribution in [1.82, 2.24) is 16.0 Å². The van der Waals surface area contributed by atoms with Crippen molar-refractivity contribution in [2.75, 3.05) is 12.0 Å². The lowest BCUT2D eigenvalue weighted by atomic mass is 9.97. The summed E-state index contributed by atoms with van der Waals surface area (Å²) in [6, 6.07) is 1.21. The third-order valence-electron chi connectivity index (χ3n) is 5.82. The molecule has 36 heavy (non-hydrogen) atoms. The highest BCUT2D eigenvalue weighted by atomic mass is 32.2. The molecular weight excluding hydrogens is 488 g/mol. The number of aromatic hydroxyl groups is 1. The number of aliphatic hydroxyl groups is 1. The number of aliphatic hydroxyl groups excluding tert-OH is 1. The second-order valence-electron chi connectivity index (χ2n) is 8.76. The van der Waals surface area contributed by atoms with Crippen molar-refractivity contribution in [3.8, 4) is 5.75 Å². The Morgan fingerprint density at radius 2 is 1.53 bits per heavy atom. The monoisotopic (exact) mass is 526 g/mol. The van der Waals surface area contributed by atoms with Crippen LogP contribution in [0.1, 0.15) is 39.2 Å². The van der Waals surface area contributed by atoms with Crippen molar-refractivity contribution in [1.29, 1.82) is 0 Å². The Kier molecular flexibility index (Phi) is 13.3. The minimum atomic E-state index is -1.47. The van der Waals surface area contributed by atoms with Gasteiger partial charge >= 0.3 is 5.97 Å². The molecule has 1 aromatic carbocycles. The predicted molar refractivity (Wildman–Crippen MR) is 137 cm³/mol. The lowest BCUT2D eigenvalue weighted by Crippen LogP contribution is -2.61. The molecule has 1 rings (SSSR count). The second kappa shape index (κ2) is 15.3. The minimum absolute atomic E-state index is 0.0136. The van der Waals surface area contributed by atoms with Crippen LogP contribution in [0, 0.1) is 5.92 Å². The summed E-state index contributed by atoms with van der Waals surface area (Å²) in [6.07, 6.45) is 1.42. The van der Waals surface area contributed by atoms with Crippen LogP contribution in [0.25, 0.3) is 0 Å². The molecule has 0 saturated carbocycles. The Morgan fingerprint density at radius 1 is 0.972 bits per heavy atom. The first kappa shape index (κ1) is 31.2. The molecular formula is C24H38N4O7S. The van der Waals surface area contributed by atoms with Gasteiger partial charge in [0.2, 0.25) is 17.7 Å². The summed E-state index contributed by atoms with van der Waals surface area (Å²) in [4.78, 5) is 50.2. The standard InChI is InChI=1S/C24H38N4O7S/c1-5-13(2)19(27-21(31)17(25)10-11-36-4)22(32)28-20(14(3)29)23(33)26-18(24(34)35)12-15-6-8-16(30)9-7-15/h6-9,13-14,17-20,29-30H,5,10-12,25H2,1-4H3,(H,26,33)(H,27,31)(H,28,32)(H,34,35). The van der Waals surface area contributed by atoms with E-state index in [1.165, 1.54) is 31.2 Å². The van der Waals surface area contributed by atoms with Gasteiger partial charge in [0.1, 0.15) is 23.9 Å². The highest BCUT2D eigenvalue weighted by Gasteiger charge is 2.34. The molecule has 8 N–H and O–H groups in total. The number of carbonyl (C=O) groups is 4. The van der Waals surface area contributed by atoms with Gasteiger partial charge < -0.3 is 37.0 Å². The Labute approximate surface area is 215 Å². The fourth-order valence-corrected chi connectivity index (χ4v) is 3.81. The number of amides is 3. The number of carboxylic acids is 1. The summed E-state index contributed by atoms with van der Waals surface area (Å²) >= 11 is 1.54. The van der Waals surface area contributed by atoms with E-state index in [-0.39, 0.29) is 18.1 Å². The van der Waals surface area contributed by atoms with Gasteiger partial charge in [0.05, 0.1) is 12.1 Å². The van der Waals surface area contributed by atoms with Crippen LogP contribution in [-0.2, 0) is 25.6 Å². The molecule has 3 amide bonds. The molecule has 12 heteroatoms. The van der Waals surface area contributed by atoms with Crippen LogP contribution in [0.15, 0.2) is 24.3 Å². The first-order valence-corrected chi connectivity index (χ1v) is 13.1. The predicted octanol–water partition coefficient (Wildman–Crippen LogP) is -0.0190. The number of carbonyl (C=O) groups excluding carboxylic acids is 3. The summed E-state index contributed by atoms with van der Waals surface area (Å²) in [5.74, 6) is -3.01. The summed E-state index contributed by atoms with van der Waals surface area (Å²) in [7, 11) is 0. The zero-order valence-electron chi connectivity index (χ0n) is 21.1. The van der Waals surface area contributed by atoms with E-state index in [4.69, 9.17) is 5.73 Å². The SMILES string of the molecule is CCC(C)C(NC(=O)C(N)CCSC)C(=O)NC(C(=O)NC(Cc1ccc(O)cc1)C(=O)O)C(C)O. The average molecular weight is 527 g/mol. The fourth-order valence-electron chi connectivity index (χ4n) is 3.32. The van der Waals surface area contributed by atoms with E-state index < -0.39 is 54.0 Å². The van der Waals surface area contributed by atoms with Crippen LogP contribution in [0.5, 0.6) is 5.75 Å². The number of rotatable bonds is 15. The molecule has 0 aliphatic carbocycles. The lowest BCUT2D eigenvalue weighted by Gasteiger charge is -2.29. The third kappa shape index (κ3) is 10.0. The van der Waals surface area contributed by atoms with Gasteiger partial charge in [0.25, 0.3) is 0 Å². The number of nitrogens with one attached hydrogen (secondary N) is 3. The Hall–Kier alpha value is -2.83. The van der Waals surface area contributed by atoms with Gasteiger partial charge in [0.15, 0.2) is 0 Å². The van der Waals surface area contributed by atoms with Gasteiger partial charge in [-0.2, -0.15) is 11.8 Å². The number of nitrogens with two attached hydrogens (primary N) is 1. The smallest absolute Gasteiger partial charge is 0.326 e. The third-order valence-corrected chi connectivity index (χ3v) is 6.46. The maximum Gasteiger partial charge on any atom is 0.326 e. The van der Waals surface area contributed by atoms with Crippen LogP contribution < -0.4 is 21.7 Å². The summed E-state index contributed by atoms with van der Waals surface area (Å²) in [5, 5.41) is 36.6. The number of hydrogen-bond donors (Lipinski definition) is 7. The van der Waals surface area contributed by atoms with Gasteiger partial charge in [-0.1, -0.05) is 32.4 Å². The van der Waals surface area contributed by atoms with E-state index in [9.17, 15) is 34.5 Å². The molecule has 0 aliphatic rings. The number of thioether (sulfide) groups is 1. The first-order valence-electron chi connectivity index (χ1n) is 11.8. The van der Waals surface area contributed by atoms with Crippen LogP contribution in [0.3, 0.4) is 0 Å². The molecule has 0 spiro atoms. The molecule has 0 bridgehead atoms. The van der Waals surface area contributed by atoms with Crippen LogP contribution in [0.2, 0.25) is 0 Å². The number of benzene rings is 1. The van der Waals surface area contributed by atoms with E-state index in [0.29, 0.717) is 24.2 Å².